The lowest BCUT2D eigenvalue weighted by Gasteiger charge is -2.26. The van der Waals surface area contributed by atoms with Gasteiger partial charge >= 0.3 is 0 Å². The Balaban J connectivity index is 2.21. The molecule has 1 saturated heterocycles. The number of sulfonamides is 1. The first-order chi connectivity index (χ1) is 11.5. The number of nitrogens with zero attached hydrogens (tertiary/aromatic N) is 2. The lowest BCUT2D eigenvalue weighted by molar-refractivity contribution is 0.353. The van der Waals surface area contributed by atoms with Crippen molar-refractivity contribution in [1.82, 2.24) is 14.6 Å². The Morgan fingerprint density at radius 2 is 2.21 bits per heavy atom. The van der Waals surface area contributed by atoms with E-state index >= 15 is 0 Å². The number of hydrogen-bond donors (Lipinski definition) is 1. The van der Waals surface area contributed by atoms with Gasteiger partial charge in [-0.25, -0.2) is 17.8 Å². The molecular weight excluding hydrogens is 333 g/mol. The van der Waals surface area contributed by atoms with Crippen molar-refractivity contribution in [3.63, 3.8) is 0 Å². The predicted molar refractivity (Wildman–Crippen MR) is 89.1 cm³/mol. The van der Waals surface area contributed by atoms with E-state index in [1.165, 1.54) is 17.5 Å². The number of aromatic nitrogens is 1. The number of halogens is 1. The molecule has 0 radical (unpaired) electrons. The van der Waals surface area contributed by atoms with E-state index in [4.69, 9.17) is 4.74 Å². The van der Waals surface area contributed by atoms with Crippen LogP contribution in [0.15, 0.2) is 29.3 Å². The molecule has 0 amide bonds. The van der Waals surface area contributed by atoms with E-state index in [1.54, 1.807) is 12.1 Å². The van der Waals surface area contributed by atoms with Crippen LogP contribution in [0.5, 0.6) is 5.88 Å². The van der Waals surface area contributed by atoms with E-state index in [2.05, 4.69) is 10.3 Å². The van der Waals surface area contributed by atoms with E-state index in [9.17, 15) is 12.8 Å². The molecule has 1 aliphatic rings. The van der Waals surface area contributed by atoms with E-state index in [0.717, 1.165) is 12.7 Å². The minimum absolute atomic E-state index is 0.0220. The molecule has 1 aromatic carbocycles. The third-order valence-electron chi connectivity index (χ3n) is 4.23. The van der Waals surface area contributed by atoms with E-state index < -0.39 is 15.8 Å². The fraction of sp³-hybridized carbons (Fsp3) is 0.438. The van der Waals surface area contributed by atoms with Crippen LogP contribution in [0, 0.1) is 5.82 Å². The highest BCUT2D eigenvalue weighted by Gasteiger charge is 2.32. The zero-order valence-corrected chi connectivity index (χ0v) is 14.4. The molecule has 2 heterocycles. The number of benzene rings is 1. The molecule has 3 rings (SSSR count). The Morgan fingerprint density at radius 3 is 2.96 bits per heavy atom. The zero-order valence-electron chi connectivity index (χ0n) is 13.6. The van der Waals surface area contributed by atoms with E-state index in [-0.39, 0.29) is 22.2 Å². The van der Waals surface area contributed by atoms with Gasteiger partial charge in [-0.15, -0.1) is 0 Å². The van der Waals surface area contributed by atoms with Crippen LogP contribution >= 0.6 is 0 Å². The molecule has 0 unspecified atom stereocenters. The van der Waals surface area contributed by atoms with Crippen LogP contribution in [0.2, 0.25) is 0 Å². The van der Waals surface area contributed by atoms with Crippen molar-refractivity contribution < 1.29 is 17.5 Å². The molecular formula is C16H20FN3O3S. The quantitative estimate of drug-likeness (QED) is 0.910. The predicted octanol–water partition coefficient (Wildman–Crippen LogP) is 1.75. The van der Waals surface area contributed by atoms with Crippen LogP contribution in [-0.4, -0.2) is 50.5 Å². The summed E-state index contributed by atoms with van der Waals surface area (Å²) in [5, 5.41) is 3.58. The molecule has 130 valence electrons. The number of rotatable bonds is 3. The molecule has 1 atom stereocenters. The van der Waals surface area contributed by atoms with Gasteiger partial charge in [-0.3, -0.25) is 0 Å². The molecule has 0 aliphatic carbocycles. The second-order valence-corrected chi connectivity index (χ2v) is 7.68. The highest BCUT2D eigenvalue weighted by atomic mass is 32.2. The summed E-state index contributed by atoms with van der Waals surface area (Å²) in [4.78, 5) is 3.83. The Morgan fingerprint density at radius 1 is 1.42 bits per heavy atom. The van der Waals surface area contributed by atoms with Gasteiger partial charge in [0, 0.05) is 29.9 Å². The zero-order chi connectivity index (χ0) is 17.3. The third kappa shape index (κ3) is 2.85. The van der Waals surface area contributed by atoms with E-state index in [1.807, 2.05) is 6.92 Å². The van der Waals surface area contributed by atoms with Gasteiger partial charge < -0.3 is 10.1 Å². The van der Waals surface area contributed by atoms with Gasteiger partial charge in [-0.2, -0.15) is 4.31 Å². The molecule has 1 aliphatic heterocycles. The normalized spacial score (nSPS) is 20.0. The molecule has 1 N–H and O–H groups in total. The van der Waals surface area contributed by atoms with Crippen LogP contribution < -0.4 is 10.1 Å². The first-order valence-electron chi connectivity index (χ1n) is 7.80. The number of methoxy groups -OCH3 is 1. The molecule has 0 spiro atoms. The second kappa shape index (κ2) is 6.62. The summed E-state index contributed by atoms with van der Waals surface area (Å²) in [6.07, 6.45) is 1.70. The van der Waals surface area contributed by atoms with Crippen LogP contribution in [0.25, 0.3) is 10.8 Å². The Bertz CT molecular complexity index is 857. The van der Waals surface area contributed by atoms with Crippen molar-refractivity contribution in [2.75, 3.05) is 26.7 Å². The fourth-order valence-electron chi connectivity index (χ4n) is 3.06. The summed E-state index contributed by atoms with van der Waals surface area (Å²) in [5.74, 6) is -0.473. The van der Waals surface area contributed by atoms with Crippen LogP contribution in [-0.2, 0) is 10.0 Å². The highest BCUT2D eigenvalue weighted by Crippen LogP contribution is 2.32. The maximum Gasteiger partial charge on any atom is 0.244 e. The number of nitrogens with one attached hydrogen (secondary N) is 1. The summed E-state index contributed by atoms with van der Waals surface area (Å²) in [6.45, 7) is 3.57. The fourth-order valence-corrected chi connectivity index (χ4v) is 4.95. The topological polar surface area (TPSA) is 71.5 Å². The number of ether oxygens (including phenoxy) is 1. The number of fused-ring (bicyclic) bond motifs is 1. The molecule has 2 aromatic rings. The van der Waals surface area contributed by atoms with Gasteiger partial charge in [-0.1, -0.05) is 6.07 Å². The van der Waals surface area contributed by atoms with Gasteiger partial charge in [-0.05, 0) is 32.0 Å². The van der Waals surface area contributed by atoms with Crippen molar-refractivity contribution in [3.05, 3.63) is 30.2 Å². The van der Waals surface area contributed by atoms with Gasteiger partial charge in [0.25, 0.3) is 0 Å². The van der Waals surface area contributed by atoms with Crippen LogP contribution in [0.4, 0.5) is 4.39 Å². The van der Waals surface area contributed by atoms with Gasteiger partial charge in [0.05, 0.1) is 18.2 Å². The molecule has 1 aromatic heterocycles. The maximum atomic E-state index is 14.4. The largest absolute Gasteiger partial charge is 0.481 e. The Kier molecular flexibility index (Phi) is 4.71. The maximum absolute atomic E-state index is 14.4. The van der Waals surface area contributed by atoms with Gasteiger partial charge in [0.2, 0.25) is 15.9 Å². The molecule has 1 fully saturated rings. The molecule has 8 heteroatoms. The smallest absolute Gasteiger partial charge is 0.244 e. The number of pyridine rings is 1. The Labute approximate surface area is 140 Å². The van der Waals surface area contributed by atoms with Gasteiger partial charge in [0.15, 0.2) is 5.82 Å². The minimum Gasteiger partial charge on any atom is -0.481 e. The van der Waals surface area contributed by atoms with Crippen molar-refractivity contribution in [2.45, 2.75) is 24.3 Å². The van der Waals surface area contributed by atoms with Crippen molar-refractivity contribution in [1.29, 1.82) is 0 Å². The van der Waals surface area contributed by atoms with Crippen LogP contribution in [0.1, 0.15) is 13.3 Å². The third-order valence-corrected chi connectivity index (χ3v) is 6.29. The van der Waals surface area contributed by atoms with Crippen LogP contribution in [0.3, 0.4) is 0 Å². The SMILES string of the molecule is COc1ncc(F)c2c(S(=O)(=O)N3CCCNC[C@H]3C)cccc12. The van der Waals surface area contributed by atoms with E-state index in [0.29, 0.717) is 24.9 Å². The summed E-state index contributed by atoms with van der Waals surface area (Å²) in [5.41, 5.74) is 0. The lowest BCUT2D eigenvalue weighted by Crippen LogP contribution is -2.41. The molecule has 6 nitrogen and oxygen atoms in total. The summed E-state index contributed by atoms with van der Waals surface area (Å²) >= 11 is 0. The second-order valence-electron chi connectivity index (χ2n) is 5.82. The first-order valence-corrected chi connectivity index (χ1v) is 9.24. The molecule has 24 heavy (non-hydrogen) atoms. The summed E-state index contributed by atoms with van der Waals surface area (Å²) in [6, 6.07) is 4.42. The first kappa shape index (κ1) is 17.1. The standard InChI is InChI=1S/C16H20FN3O3S/c1-11-9-18-7-4-8-20(11)24(21,22)14-6-3-5-12-15(14)13(17)10-19-16(12)23-2/h3,5-6,10-11,18H,4,7-9H2,1-2H3/t11-/m1/s1. The van der Waals surface area contributed by atoms with Crippen molar-refractivity contribution in [2.24, 2.45) is 0 Å². The van der Waals surface area contributed by atoms with Crippen molar-refractivity contribution >= 4 is 20.8 Å². The lowest BCUT2D eigenvalue weighted by atomic mass is 10.1. The van der Waals surface area contributed by atoms with Crippen molar-refractivity contribution in [3.8, 4) is 5.88 Å². The summed E-state index contributed by atoms with van der Waals surface area (Å²) in [7, 11) is -2.42. The van der Waals surface area contributed by atoms with Gasteiger partial charge in [0.1, 0.15) is 0 Å². The Hall–Kier alpha value is -1.77. The molecule has 0 saturated carbocycles. The average molecular weight is 353 g/mol. The molecule has 0 bridgehead atoms. The monoisotopic (exact) mass is 353 g/mol. The minimum atomic E-state index is -3.84. The highest BCUT2D eigenvalue weighted by molar-refractivity contribution is 7.89. The summed E-state index contributed by atoms with van der Waals surface area (Å²) < 4.78 is 47.4. The number of hydrogen-bond acceptors (Lipinski definition) is 5. The average Bonchev–Trinajstić information content (AvgIpc) is 2.79.